The van der Waals surface area contributed by atoms with Crippen LogP contribution in [0.25, 0.3) is 0 Å². The van der Waals surface area contributed by atoms with Crippen LogP contribution in [0.3, 0.4) is 0 Å². The molecular weight excluding hydrogens is 273 g/mol. The van der Waals surface area contributed by atoms with Crippen LogP contribution in [0.15, 0.2) is 16.7 Å². The second kappa shape index (κ2) is 3.37. The van der Waals surface area contributed by atoms with Gasteiger partial charge in [-0.1, -0.05) is 0 Å². The van der Waals surface area contributed by atoms with Gasteiger partial charge in [0.05, 0.1) is 0 Å². The Morgan fingerprint density at radius 2 is 2.13 bits per heavy atom. The third-order valence-corrected chi connectivity index (χ3v) is 2.87. The zero-order chi connectivity index (χ0) is 11.2. The van der Waals surface area contributed by atoms with Gasteiger partial charge in [0, 0.05) is 22.3 Å². The van der Waals surface area contributed by atoms with Gasteiger partial charge in [-0.3, -0.25) is 0 Å². The predicted molar refractivity (Wildman–Crippen MR) is 53.8 cm³/mol. The zero-order valence-corrected chi connectivity index (χ0v) is 9.35. The molecule has 0 aromatic carbocycles. The Balaban J connectivity index is 2.49. The number of fused-ring (bicyclic) bond motifs is 1. The second-order valence-corrected chi connectivity index (χ2v) is 4.46. The third-order valence-electron chi connectivity index (χ3n) is 2.44. The van der Waals surface area contributed by atoms with E-state index in [1.165, 1.54) is 19.2 Å². The molecule has 0 amide bonds. The number of aromatic nitrogens is 1. The molecule has 0 aliphatic carbocycles. The number of halogens is 4. The van der Waals surface area contributed by atoms with Gasteiger partial charge in [-0.05, 0) is 28.9 Å². The molecular formula is C9H8BrF3N2. The van der Waals surface area contributed by atoms with Crippen LogP contribution in [0, 0.1) is 0 Å². The van der Waals surface area contributed by atoms with Crippen LogP contribution >= 0.6 is 15.9 Å². The number of nitrogens with one attached hydrogen (secondary N) is 1. The standard InChI is InChI=1S/C9H8BrF3N2/c1-4-7(9(11,12)13)6-2-5(10)3-14-8(6)15-4/h2-4,7H,1H3,(H,14,15). The molecule has 15 heavy (non-hydrogen) atoms. The fourth-order valence-electron chi connectivity index (χ4n) is 1.84. The van der Waals surface area contributed by atoms with Gasteiger partial charge in [0.2, 0.25) is 0 Å². The molecule has 1 aliphatic rings. The molecule has 0 bridgehead atoms. The number of nitrogens with zero attached hydrogens (tertiary/aromatic N) is 1. The van der Waals surface area contributed by atoms with Crippen LogP contribution in [0.5, 0.6) is 0 Å². The summed E-state index contributed by atoms with van der Waals surface area (Å²) in [5, 5.41) is 2.73. The minimum Gasteiger partial charge on any atom is -0.366 e. The van der Waals surface area contributed by atoms with Crippen molar-refractivity contribution >= 4 is 21.7 Å². The van der Waals surface area contributed by atoms with Crippen molar-refractivity contribution in [1.82, 2.24) is 4.98 Å². The van der Waals surface area contributed by atoms with Crippen molar-refractivity contribution in [2.45, 2.75) is 25.1 Å². The van der Waals surface area contributed by atoms with Crippen LogP contribution in [-0.2, 0) is 0 Å². The maximum Gasteiger partial charge on any atom is 0.397 e. The van der Waals surface area contributed by atoms with Crippen molar-refractivity contribution in [3.8, 4) is 0 Å². The van der Waals surface area contributed by atoms with E-state index in [1.807, 2.05) is 0 Å². The second-order valence-electron chi connectivity index (χ2n) is 3.54. The fraction of sp³-hybridized carbons (Fsp3) is 0.444. The lowest BCUT2D eigenvalue weighted by Crippen LogP contribution is -2.29. The molecule has 0 spiro atoms. The highest BCUT2D eigenvalue weighted by Gasteiger charge is 2.49. The first kappa shape index (κ1) is 10.7. The molecule has 2 atom stereocenters. The summed E-state index contributed by atoms with van der Waals surface area (Å²) in [6, 6.07) is 0.804. The lowest BCUT2D eigenvalue weighted by molar-refractivity contribution is -0.151. The molecule has 1 aliphatic heterocycles. The number of alkyl halides is 3. The third kappa shape index (κ3) is 1.82. The molecule has 2 unspecified atom stereocenters. The monoisotopic (exact) mass is 280 g/mol. The van der Waals surface area contributed by atoms with Crippen molar-refractivity contribution < 1.29 is 13.2 Å². The van der Waals surface area contributed by atoms with Crippen LogP contribution in [0.4, 0.5) is 19.0 Å². The van der Waals surface area contributed by atoms with E-state index in [-0.39, 0.29) is 5.56 Å². The van der Waals surface area contributed by atoms with Gasteiger partial charge in [0.25, 0.3) is 0 Å². The number of rotatable bonds is 0. The first-order chi connectivity index (χ1) is 6.89. The van der Waals surface area contributed by atoms with Gasteiger partial charge in [-0.15, -0.1) is 0 Å². The minimum absolute atomic E-state index is 0.212. The van der Waals surface area contributed by atoms with Gasteiger partial charge in [-0.25, -0.2) is 4.98 Å². The summed E-state index contributed by atoms with van der Waals surface area (Å²) in [5.41, 5.74) is 0.212. The van der Waals surface area contributed by atoms with E-state index >= 15 is 0 Å². The Bertz CT molecular complexity index is 391. The van der Waals surface area contributed by atoms with Crippen LogP contribution in [0.2, 0.25) is 0 Å². The van der Waals surface area contributed by atoms with E-state index in [0.29, 0.717) is 10.3 Å². The quantitative estimate of drug-likeness (QED) is 0.789. The fourth-order valence-corrected chi connectivity index (χ4v) is 2.19. The van der Waals surface area contributed by atoms with E-state index in [2.05, 4.69) is 26.2 Å². The average molecular weight is 281 g/mol. The SMILES string of the molecule is CC1Nc2ncc(Br)cc2C1C(F)(F)F. The van der Waals surface area contributed by atoms with Gasteiger partial charge in [0.1, 0.15) is 11.7 Å². The number of pyridine rings is 1. The maximum absolute atomic E-state index is 12.7. The smallest absolute Gasteiger partial charge is 0.366 e. The first-order valence-corrected chi connectivity index (χ1v) is 5.17. The number of anilines is 1. The van der Waals surface area contributed by atoms with E-state index in [1.54, 1.807) is 0 Å². The molecule has 0 fully saturated rings. The molecule has 1 aromatic heterocycles. The maximum atomic E-state index is 12.7. The largest absolute Gasteiger partial charge is 0.397 e. The summed E-state index contributed by atoms with van der Waals surface area (Å²) in [5.74, 6) is -1.15. The molecule has 2 heterocycles. The normalized spacial score (nSPS) is 24.9. The summed E-state index contributed by atoms with van der Waals surface area (Å²) < 4.78 is 38.8. The van der Waals surface area contributed by atoms with Crippen LogP contribution in [0.1, 0.15) is 18.4 Å². The van der Waals surface area contributed by atoms with E-state index in [4.69, 9.17) is 0 Å². The number of hydrogen-bond donors (Lipinski definition) is 1. The van der Waals surface area contributed by atoms with Gasteiger partial charge in [0.15, 0.2) is 0 Å². The first-order valence-electron chi connectivity index (χ1n) is 4.38. The van der Waals surface area contributed by atoms with Crippen LogP contribution < -0.4 is 5.32 Å². The summed E-state index contributed by atoms with van der Waals surface area (Å²) >= 11 is 3.12. The van der Waals surface area contributed by atoms with Crippen molar-refractivity contribution in [2.24, 2.45) is 0 Å². The van der Waals surface area contributed by atoms with Gasteiger partial charge >= 0.3 is 6.18 Å². The molecule has 1 N–H and O–H groups in total. The molecule has 2 rings (SSSR count). The van der Waals surface area contributed by atoms with E-state index in [0.717, 1.165) is 0 Å². The van der Waals surface area contributed by atoms with Crippen molar-refractivity contribution in [2.75, 3.05) is 5.32 Å². The Morgan fingerprint density at radius 1 is 1.47 bits per heavy atom. The highest BCUT2D eigenvalue weighted by molar-refractivity contribution is 9.10. The molecule has 2 nitrogen and oxygen atoms in total. The molecule has 6 heteroatoms. The summed E-state index contributed by atoms with van der Waals surface area (Å²) in [6.45, 7) is 1.51. The van der Waals surface area contributed by atoms with Crippen molar-refractivity contribution in [3.63, 3.8) is 0 Å². The topological polar surface area (TPSA) is 24.9 Å². The summed E-state index contributed by atoms with van der Waals surface area (Å²) in [4.78, 5) is 3.91. The molecule has 0 radical (unpaired) electrons. The lowest BCUT2D eigenvalue weighted by atomic mass is 9.97. The molecule has 0 saturated carbocycles. The van der Waals surface area contributed by atoms with E-state index < -0.39 is 18.1 Å². The zero-order valence-electron chi connectivity index (χ0n) is 7.77. The highest BCUT2D eigenvalue weighted by Crippen LogP contribution is 2.45. The minimum atomic E-state index is -4.24. The van der Waals surface area contributed by atoms with Crippen LogP contribution in [-0.4, -0.2) is 17.2 Å². The van der Waals surface area contributed by atoms with Gasteiger partial charge < -0.3 is 5.32 Å². The highest BCUT2D eigenvalue weighted by atomic mass is 79.9. The Hall–Kier alpha value is -0.780. The van der Waals surface area contributed by atoms with Crippen molar-refractivity contribution in [1.29, 1.82) is 0 Å². The van der Waals surface area contributed by atoms with Crippen molar-refractivity contribution in [3.05, 3.63) is 22.3 Å². The molecule has 1 aromatic rings. The average Bonchev–Trinajstić information content (AvgIpc) is 2.38. The van der Waals surface area contributed by atoms with Gasteiger partial charge in [-0.2, -0.15) is 13.2 Å². The molecule has 82 valence electrons. The Labute approximate surface area is 93.0 Å². The number of hydrogen-bond acceptors (Lipinski definition) is 2. The molecule has 0 saturated heterocycles. The lowest BCUT2D eigenvalue weighted by Gasteiger charge is -2.19. The predicted octanol–water partition coefficient (Wildman–Crippen LogP) is 3.30. The van der Waals surface area contributed by atoms with E-state index in [9.17, 15) is 13.2 Å². The summed E-state index contributed by atoms with van der Waals surface area (Å²) in [7, 11) is 0. The Kier molecular flexibility index (Phi) is 2.41. The Morgan fingerprint density at radius 3 is 2.73 bits per heavy atom. The summed E-state index contributed by atoms with van der Waals surface area (Å²) in [6.07, 6.45) is -2.75.